The molecule has 0 radical (unpaired) electrons. The van der Waals surface area contributed by atoms with E-state index >= 15 is 0 Å². The van der Waals surface area contributed by atoms with Crippen LogP contribution in [0.2, 0.25) is 0 Å². The lowest BCUT2D eigenvalue weighted by Gasteiger charge is -2.18. The molecule has 0 aliphatic carbocycles. The first-order valence-electron chi connectivity index (χ1n) is 6.69. The van der Waals surface area contributed by atoms with Crippen LogP contribution in [0.4, 0.5) is 15.8 Å². The molecule has 0 saturated carbocycles. The maximum atomic E-state index is 12.8. The molecule has 110 valence electrons. The average molecular weight is 287 g/mol. The number of rotatable bonds is 5. The van der Waals surface area contributed by atoms with Crippen LogP contribution in [-0.4, -0.2) is 12.5 Å². The number of carbonyl (C=O) groups is 1. The summed E-state index contributed by atoms with van der Waals surface area (Å²) in [5.41, 5.74) is 2.58. The molecule has 0 heterocycles. The number of hydrogen-bond acceptors (Lipinski definition) is 3. The SMILES string of the molecule is Cc1ccc(N(N)CCC(=O)Nc2ccc(F)cc2)cc1. The second-order valence-electron chi connectivity index (χ2n) is 4.83. The van der Waals surface area contributed by atoms with Crippen molar-refractivity contribution >= 4 is 17.3 Å². The highest BCUT2D eigenvalue weighted by molar-refractivity contribution is 5.90. The van der Waals surface area contributed by atoms with E-state index < -0.39 is 0 Å². The first-order valence-corrected chi connectivity index (χ1v) is 6.69. The number of amides is 1. The highest BCUT2D eigenvalue weighted by atomic mass is 19.1. The van der Waals surface area contributed by atoms with E-state index in [0.29, 0.717) is 12.2 Å². The monoisotopic (exact) mass is 287 g/mol. The normalized spacial score (nSPS) is 10.2. The number of anilines is 2. The maximum absolute atomic E-state index is 12.8. The third-order valence-electron chi connectivity index (χ3n) is 3.07. The third kappa shape index (κ3) is 4.57. The van der Waals surface area contributed by atoms with E-state index in [-0.39, 0.29) is 18.1 Å². The van der Waals surface area contributed by atoms with Crippen molar-refractivity contribution in [3.8, 4) is 0 Å². The molecule has 0 bridgehead atoms. The largest absolute Gasteiger partial charge is 0.326 e. The Morgan fingerprint density at radius 1 is 1.14 bits per heavy atom. The summed E-state index contributed by atoms with van der Waals surface area (Å²) in [6, 6.07) is 13.4. The molecule has 0 unspecified atom stereocenters. The number of hydrogen-bond donors (Lipinski definition) is 2. The second-order valence-corrected chi connectivity index (χ2v) is 4.83. The zero-order valence-corrected chi connectivity index (χ0v) is 11.8. The Bertz CT molecular complexity index is 596. The van der Waals surface area contributed by atoms with Gasteiger partial charge in [0.05, 0.1) is 5.69 Å². The van der Waals surface area contributed by atoms with Gasteiger partial charge in [0, 0.05) is 18.7 Å². The summed E-state index contributed by atoms with van der Waals surface area (Å²) in [6.07, 6.45) is 0.252. The number of nitrogens with one attached hydrogen (secondary N) is 1. The predicted molar refractivity (Wildman–Crippen MR) is 82.4 cm³/mol. The van der Waals surface area contributed by atoms with Crippen molar-refractivity contribution in [2.75, 3.05) is 16.9 Å². The summed E-state index contributed by atoms with van der Waals surface area (Å²) < 4.78 is 12.8. The highest BCUT2D eigenvalue weighted by Crippen LogP contribution is 2.13. The Balaban J connectivity index is 1.83. The van der Waals surface area contributed by atoms with E-state index in [2.05, 4.69) is 5.32 Å². The Labute approximate surface area is 123 Å². The van der Waals surface area contributed by atoms with E-state index in [4.69, 9.17) is 5.84 Å². The van der Waals surface area contributed by atoms with E-state index in [1.807, 2.05) is 31.2 Å². The lowest BCUT2D eigenvalue weighted by molar-refractivity contribution is -0.116. The van der Waals surface area contributed by atoms with Gasteiger partial charge in [0.25, 0.3) is 0 Å². The Kier molecular flexibility index (Phi) is 4.90. The molecule has 0 aliphatic heterocycles. The molecule has 0 aliphatic rings. The number of hydrazine groups is 1. The minimum Gasteiger partial charge on any atom is -0.326 e. The molecule has 3 N–H and O–H groups in total. The number of halogens is 1. The number of aryl methyl sites for hydroxylation is 1. The molecule has 0 atom stereocenters. The molecule has 2 rings (SSSR count). The van der Waals surface area contributed by atoms with E-state index in [0.717, 1.165) is 11.3 Å². The van der Waals surface area contributed by atoms with E-state index in [1.54, 1.807) is 0 Å². The van der Waals surface area contributed by atoms with Crippen molar-refractivity contribution < 1.29 is 9.18 Å². The molecule has 1 amide bonds. The van der Waals surface area contributed by atoms with Gasteiger partial charge in [-0.3, -0.25) is 4.79 Å². The Hall–Kier alpha value is -2.40. The van der Waals surface area contributed by atoms with Crippen LogP contribution in [0.1, 0.15) is 12.0 Å². The molecule has 2 aromatic carbocycles. The van der Waals surface area contributed by atoms with Gasteiger partial charge in [-0.2, -0.15) is 0 Å². The van der Waals surface area contributed by atoms with Crippen LogP contribution in [0.5, 0.6) is 0 Å². The summed E-state index contributed by atoms with van der Waals surface area (Å²) >= 11 is 0. The Morgan fingerprint density at radius 3 is 2.38 bits per heavy atom. The van der Waals surface area contributed by atoms with Gasteiger partial charge in [-0.25, -0.2) is 10.2 Å². The van der Waals surface area contributed by atoms with Crippen molar-refractivity contribution in [1.29, 1.82) is 0 Å². The fourth-order valence-corrected chi connectivity index (χ4v) is 1.84. The molecule has 0 spiro atoms. The highest BCUT2D eigenvalue weighted by Gasteiger charge is 2.06. The van der Waals surface area contributed by atoms with Crippen LogP contribution in [0.15, 0.2) is 48.5 Å². The number of carbonyl (C=O) groups excluding carboxylic acids is 1. The zero-order valence-electron chi connectivity index (χ0n) is 11.8. The molecule has 0 saturated heterocycles. The summed E-state index contributed by atoms with van der Waals surface area (Å²) in [6.45, 7) is 2.40. The summed E-state index contributed by atoms with van der Waals surface area (Å²) in [4.78, 5) is 11.8. The van der Waals surface area contributed by atoms with Gasteiger partial charge in [0.1, 0.15) is 5.82 Å². The first kappa shape index (κ1) is 15.0. The molecular formula is C16H18FN3O. The fourth-order valence-electron chi connectivity index (χ4n) is 1.84. The lowest BCUT2D eigenvalue weighted by Crippen LogP contribution is -2.33. The van der Waals surface area contributed by atoms with E-state index in [1.165, 1.54) is 29.3 Å². The van der Waals surface area contributed by atoms with Gasteiger partial charge in [0.15, 0.2) is 0 Å². The van der Waals surface area contributed by atoms with Gasteiger partial charge in [-0.05, 0) is 43.3 Å². The second kappa shape index (κ2) is 6.85. The van der Waals surface area contributed by atoms with Crippen LogP contribution in [0, 0.1) is 12.7 Å². The fraction of sp³-hybridized carbons (Fsp3) is 0.188. The van der Waals surface area contributed by atoms with Crippen molar-refractivity contribution in [2.24, 2.45) is 5.84 Å². The summed E-state index contributed by atoms with van der Waals surface area (Å²) in [5.74, 6) is 5.41. The van der Waals surface area contributed by atoms with Gasteiger partial charge in [-0.1, -0.05) is 17.7 Å². The standard InChI is InChI=1S/C16H18FN3O/c1-12-2-8-15(9-3-12)20(18)11-10-16(21)19-14-6-4-13(17)5-7-14/h2-9H,10-11,18H2,1H3,(H,19,21). The first-order chi connectivity index (χ1) is 10.0. The van der Waals surface area contributed by atoms with Gasteiger partial charge < -0.3 is 10.3 Å². The number of benzene rings is 2. The van der Waals surface area contributed by atoms with E-state index in [9.17, 15) is 9.18 Å². The van der Waals surface area contributed by atoms with Crippen LogP contribution in [0.3, 0.4) is 0 Å². The van der Waals surface area contributed by atoms with Crippen LogP contribution in [0.25, 0.3) is 0 Å². The van der Waals surface area contributed by atoms with Crippen molar-refractivity contribution in [3.05, 3.63) is 59.9 Å². The van der Waals surface area contributed by atoms with Gasteiger partial charge in [-0.15, -0.1) is 0 Å². The van der Waals surface area contributed by atoms with Crippen LogP contribution >= 0.6 is 0 Å². The average Bonchev–Trinajstić information content (AvgIpc) is 2.48. The smallest absolute Gasteiger partial charge is 0.226 e. The minimum absolute atomic E-state index is 0.163. The summed E-state index contributed by atoms with van der Waals surface area (Å²) in [7, 11) is 0. The van der Waals surface area contributed by atoms with Crippen molar-refractivity contribution in [1.82, 2.24) is 0 Å². The van der Waals surface area contributed by atoms with Crippen molar-refractivity contribution in [2.45, 2.75) is 13.3 Å². The zero-order chi connectivity index (χ0) is 15.2. The molecule has 0 fully saturated rings. The number of nitrogens with zero attached hydrogens (tertiary/aromatic N) is 1. The lowest BCUT2D eigenvalue weighted by atomic mass is 10.2. The Morgan fingerprint density at radius 2 is 1.76 bits per heavy atom. The predicted octanol–water partition coefficient (Wildman–Crippen LogP) is 2.84. The molecule has 21 heavy (non-hydrogen) atoms. The third-order valence-corrected chi connectivity index (χ3v) is 3.07. The van der Waals surface area contributed by atoms with Crippen LogP contribution in [-0.2, 0) is 4.79 Å². The topological polar surface area (TPSA) is 58.4 Å². The molecule has 4 nitrogen and oxygen atoms in total. The van der Waals surface area contributed by atoms with Crippen molar-refractivity contribution in [3.63, 3.8) is 0 Å². The van der Waals surface area contributed by atoms with Crippen LogP contribution < -0.4 is 16.2 Å². The molecule has 5 heteroatoms. The summed E-state index contributed by atoms with van der Waals surface area (Å²) in [5, 5.41) is 4.23. The molecule has 0 aromatic heterocycles. The quantitative estimate of drug-likeness (QED) is 0.656. The number of nitrogens with two attached hydrogens (primary N) is 1. The van der Waals surface area contributed by atoms with Gasteiger partial charge in [0.2, 0.25) is 5.91 Å². The maximum Gasteiger partial charge on any atom is 0.226 e. The minimum atomic E-state index is -0.333. The van der Waals surface area contributed by atoms with Gasteiger partial charge >= 0.3 is 0 Å². The molecule has 2 aromatic rings. The molecular weight excluding hydrogens is 269 g/mol.